The van der Waals surface area contributed by atoms with Crippen molar-refractivity contribution in [2.24, 2.45) is 0 Å². The number of aromatic amines is 1. The third-order valence-electron chi connectivity index (χ3n) is 2.32. The van der Waals surface area contributed by atoms with Crippen molar-refractivity contribution in [2.75, 3.05) is 0 Å². The zero-order chi connectivity index (χ0) is 11.0. The highest BCUT2D eigenvalue weighted by Crippen LogP contribution is 2.19. The molecule has 1 N–H and O–H groups in total. The van der Waals surface area contributed by atoms with Crippen LogP contribution in [0.3, 0.4) is 0 Å². The lowest BCUT2D eigenvalue weighted by atomic mass is 10.2. The topological polar surface area (TPSA) is 76.5 Å². The normalized spacial score (nSPS) is 10.8. The molecule has 3 rings (SSSR count). The molecular weight excluding hydrogens is 206 g/mol. The zero-order valence-corrected chi connectivity index (χ0v) is 8.16. The second-order valence-corrected chi connectivity index (χ2v) is 3.26. The van der Waals surface area contributed by atoms with Gasteiger partial charge in [0.2, 0.25) is 0 Å². The van der Waals surface area contributed by atoms with Gasteiger partial charge < -0.3 is 4.57 Å². The highest BCUT2D eigenvalue weighted by molar-refractivity contribution is 5.57. The van der Waals surface area contributed by atoms with Crippen molar-refractivity contribution in [3.63, 3.8) is 0 Å². The Balaban J connectivity index is 2.32. The monoisotopic (exact) mass is 213 g/mol. The van der Waals surface area contributed by atoms with Gasteiger partial charge in [0.15, 0.2) is 0 Å². The molecule has 78 valence electrons. The van der Waals surface area contributed by atoms with Gasteiger partial charge in [0.05, 0.1) is 11.9 Å². The maximum atomic E-state index is 11.6. The van der Waals surface area contributed by atoms with Crippen LogP contribution < -0.4 is 5.56 Å². The van der Waals surface area contributed by atoms with E-state index in [1.165, 1.54) is 6.20 Å². The predicted octanol–water partition coefficient (Wildman–Crippen LogP) is 0.455. The number of aromatic nitrogens is 5. The van der Waals surface area contributed by atoms with E-state index in [2.05, 4.69) is 20.4 Å². The van der Waals surface area contributed by atoms with Crippen LogP contribution in [0.15, 0.2) is 41.6 Å². The molecule has 0 atom stereocenters. The number of hydrogen-bond donors (Lipinski definition) is 1. The molecule has 6 nitrogen and oxygen atoms in total. The molecule has 0 bridgehead atoms. The minimum atomic E-state index is -0.249. The van der Waals surface area contributed by atoms with Gasteiger partial charge in [-0.1, -0.05) is 0 Å². The van der Waals surface area contributed by atoms with E-state index >= 15 is 0 Å². The van der Waals surface area contributed by atoms with E-state index < -0.39 is 0 Å². The molecule has 0 aliphatic carbocycles. The van der Waals surface area contributed by atoms with Crippen LogP contribution in [-0.4, -0.2) is 25.0 Å². The van der Waals surface area contributed by atoms with Crippen LogP contribution in [0.2, 0.25) is 0 Å². The van der Waals surface area contributed by atoms with E-state index in [1.54, 1.807) is 23.0 Å². The lowest BCUT2D eigenvalue weighted by molar-refractivity contribution is 0.931. The Morgan fingerprint density at radius 3 is 3.12 bits per heavy atom. The van der Waals surface area contributed by atoms with Crippen molar-refractivity contribution in [2.45, 2.75) is 0 Å². The van der Waals surface area contributed by atoms with Crippen molar-refractivity contribution in [3.05, 3.63) is 47.1 Å². The molecular formula is C10H7N5O. The van der Waals surface area contributed by atoms with Crippen molar-refractivity contribution < 1.29 is 0 Å². The van der Waals surface area contributed by atoms with Crippen LogP contribution in [0, 0.1) is 0 Å². The van der Waals surface area contributed by atoms with E-state index in [9.17, 15) is 4.79 Å². The number of rotatable bonds is 1. The Morgan fingerprint density at radius 2 is 2.25 bits per heavy atom. The number of hydrogen-bond acceptors (Lipinski definition) is 4. The molecule has 2 aliphatic rings. The molecule has 0 saturated carbocycles. The minimum Gasteiger partial charge on any atom is -0.309 e. The van der Waals surface area contributed by atoms with Crippen LogP contribution in [0.5, 0.6) is 0 Å². The minimum absolute atomic E-state index is 0.249. The number of nitrogens with one attached hydrogen (secondary N) is 1. The van der Waals surface area contributed by atoms with E-state index in [1.807, 2.05) is 12.1 Å². The Bertz CT molecular complexity index is 656. The second-order valence-electron chi connectivity index (χ2n) is 3.26. The highest BCUT2D eigenvalue weighted by atomic mass is 16.1. The summed E-state index contributed by atoms with van der Waals surface area (Å²) in [6.07, 6.45) is 4.94. The Labute approximate surface area is 89.9 Å². The maximum Gasteiger partial charge on any atom is 0.288 e. The standard InChI is InChI=1S/C10H7N5O/c16-10-8(3-4-11-14-10)15-5-1-2-7-9(15)6-12-13-7/h1-6H,(H,14,16). The third kappa shape index (κ3) is 1.20. The molecule has 6 heteroatoms. The maximum absolute atomic E-state index is 11.6. The molecule has 0 fully saturated rings. The number of H-pyrrole nitrogens is 1. The first-order valence-electron chi connectivity index (χ1n) is 4.69. The van der Waals surface area contributed by atoms with Gasteiger partial charge in [0.1, 0.15) is 11.4 Å². The summed E-state index contributed by atoms with van der Waals surface area (Å²) in [7, 11) is 0. The van der Waals surface area contributed by atoms with Gasteiger partial charge in [-0.3, -0.25) is 4.79 Å². The molecule has 1 aromatic heterocycles. The molecule has 0 spiro atoms. The van der Waals surface area contributed by atoms with Crippen molar-refractivity contribution >= 4 is 0 Å². The van der Waals surface area contributed by atoms with Gasteiger partial charge in [0, 0.05) is 12.4 Å². The van der Waals surface area contributed by atoms with Crippen LogP contribution in [0.25, 0.3) is 17.1 Å². The Morgan fingerprint density at radius 1 is 1.31 bits per heavy atom. The zero-order valence-electron chi connectivity index (χ0n) is 8.16. The molecule has 2 aliphatic heterocycles. The summed E-state index contributed by atoms with van der Waals surface area (Å²) in [5.41, 5.74) is 1.79. The number of fused-ring (bicyclic) bond motifs is 1. The van der Waals surface area contributed by atoms with E-state index in [-0.39, 0.29) is 5.56 Å². The van der Waals surface area contributed by atoms with Gasteiger partial charge in [-0.25, -0.2) is 5.10 Å². The molecule has 0 unspecified atom stereocenters. The first kappa shape index (κ1) is 8.78. The van der Waals surface area contributed by atoms with Crippen LogP contribution in [0.4, 0.5) is 0 Å². The summed E-state index contributed by atoms with van der Waals surface area (Å²) in [4.78, 5) is 11.6. The lowest BCUT2D eigenvalue weighted by Gasteiger charge is -2.08. The number of nitrogens with zero attached hydrogens (tertiary/aromatic N) is 4. The molecule has 0 saturated heterocycles. The van der Waals surface area contributed by atoms with Gasteiger partial charge in [0.25, 0.3) is 5.56 Å². The average Bonchev–Trinajstić information content (AvgIpc) is 2.77. The average molecular weight is 213 g/mol. The smallest absolute Gasteiger partial charge is 0.288 e. The van der Waals surface area contributed by atoms with E-state index in [4.69, 9.17) is 0 Å². The number of pyridine rings is 1. The molecule has 0 amide bonds. The first-order chi connectivity index (χ1) is 7.86. The van der Waals surface area contributed by atoms with Crippen molar-refractivity contribution in [1.82, 2.24) is 25.0 Å². The fraction of sp³-hybridized carbons (Fsp3) is 0. The van der Waals surface area contributed by atoms with Crippen LogP contribution in [0.1, 0.15) is 0 Å². The van der Waals surface area contributed by atoms with Crippen molar-refractivity contribution in [1.29, 1.82) is 0 Å². The molecule has 1 aromatic rings. The summed E-state index contributed by atoms with van der Waals surface area (Å²) in [5, 5.41) is 13.8. The fourth-order valence-corrected chi connectivity index (χ4v) is 1.60. The Kier molecular flexibility index (Phi) is 1.79. The largest absolute Gasteiger partial charge is 0.309 e. The first-order valence-corrected chi connectivity index (χ1v) is 4.69. The van der Waals surface area contributed by atoms with Gasteiger partial charge in [-0.15, -0.1) is 5.10 Å². The Hall–Kier alpha value is -2.50. The lowest BCUT2D eigenvalue weighted by Crippen LogP contribution is -2.16. The quantitative estimate of drug-likeness (QED) is 0.637. The third-order valence-corrected chi connectivity index (χ3v) is 2.32. The SMILES string of the molecule is O=c1[nH]nccc1-n1cccc2nncc1-2. The van der Waals surface area contributed by atoms with E-state index in [0.717, 1.165) is 11.4 Å². The molecule has 0 radical (unpaired) electrons. The summed E-state index contributed by atoms with van der Waals surface area (Å²) in [6, 6.07) is 5.30. The highest BCUT2D eigenvalue weighted by Gasteiger charge is 2.11. The summed E-state index contributed by atoms with van der Waals surface area (Å²) < 4.78 is 1.73. The van der Waals surface area contributed by atoms with Gasteiger partial charge in [-0.05, 0) is 18.2 Å². The van der Waals surface area contributed by atoms with Crippen LogP contribution in [-0.2, 0) is 0 Å². The second kappa shape index (κ2) is 3.27. The van der Waals surface area contributed by atoms with Crippen molar-refractivity contribution in [3.8, 4) is 17.1 Å². The molecule has 0 aromatic carbocycles. The van der Waals surface area contributed by atoms with Gasteiger partial charge in [-0.2, -0.15) is 10.2 Å². The van der Waals surface area contributed by atoms with E-state index in [0.29, 0.717) is 5.69 Å². The summed E-state index contributed by atoms with van der Waals surface area (Å²) in [5.74, 6) is 0. The summed E-state index contributed by atoms with van der Waals surface area (Å²) in [6.45, 7) is 0. The van der Waals surface area contributed by atoms with Gasteiger partial charge >= 0.3 is 0 Å². The predicted molar refractivity (Wildman–Crippen MR) is 56.4 cm³/mol. The molecule has 3 heterocycles. The van der Waals surface area contributed by atoms with Crippen LogP contribution >= 0.6 is 0 Å². The molecule has 16 heavy (non-hydrogen) atoms. The fourth-order valence-electron chi connectivity index (χ4n) is 1.60. The summed E-state index contributed by atoms with van der Waals surface area (Å²) >= 11 is 0.